The molecule has 0 saturated carbocycles. The zero-order valence-electron chi connectivity index (χ0n) is 8.19. The molecule has 0 fully saturated rings. The highest BCUT2D eigenvalue weighted by molar-refractivity contribution is 5.75. The van der Waals surface area contributed by atoms with Crippen LogP contribution in [-0.2, 0) is 9.53 Å². The number of alkyl halides is 1. The fourth-order valence-corrected chi connectivity index (χ4v) is 0.518. The lowest BCUT2D eigenvalue weighted by Crippen LogP contribution is -2.29. The zero-order chi connectivity index (χ0) is 9.78. The minimum Gasteiger partial charge on any atom is -0.459 e. The maximum Gasteiger partial charge on any atom is 0.311 e. The predicted molar refractivity (Wildman–Crippen MR) is 45.6 cm³/mol. The molecule has 0 saturated heterocycles. The van der Waals surface area contributed by atoms with Gasteiger partial charge in [-0.1, -0.05) is 6.92 Å². The quantitative estimate of drug-likeness (QED) is 0.614. The van der Waals surface area contributed by atoms with E-state index in [1.54, 1.807) is 20.8 Å². The van der Waals surface area contributed by atoms with E-state index in [-0.39, 0.29) is 5.97 Å². The molecule has 0 spiro atoms. The largest absolute Gasteiger partial charge is 0.459 e. The van der Waals surface area contributed by atoms with Crippen molar-refractivity contribution in [3.8, 4) is 0 Å². The molecule has 0 aromatic rings. The first-order chi connectivity index (χ1) is 5.44. The van der Waals surface area contributed by atoms with E-state index in [1.807, 2.05) is 6.92 Å². The van der Waals surface area contributed by atoms with Crippen molar-refractivity contribution in [2.24, 2.45) is 5.41 Å². The van der Waals surface area contributed by atoms with Gasteiger partial charge in [-0.25, -0.2) is 4.39 Å². The van der Waals surface area contributed by atoms with E-state index in [0.29, 0.717) is 6.42 Å². The number of hydrogen-bond donors (Lipinski definition) is 0. The van der Waals surface area contributed by atoms with Crippen LogP contribution in [0, 0.1) is 5.41 Å². The van der Waals surface area contributed by atoms with E-state index in [2.05, 4.69) is 0 Å². The maximum absolute atomic E-state index is 12.0. The van der Waals surface area contributed by atoms with Crippen molar-refractivity contribution < 1.29 is 13.9 Å². The summed E-state index contributed by atoms with van der Waals surface area (Å²) in [5.74, 6) is -0.324. The molecule has 3 heteroatoms. The van der Waals surface area contributed by atoms with Crippen LogP contribution in [0.2, 0.25) is 0 Å². The van der Waals surface area contributed by atoms with Gasteiger partial charge in [-0.05, 0) is 27.2 Å². The van der Waals surface area contributed by atoms with E-state index in [0.717, 1.165) is 0 Å². The second kappa shape index (κ2) is 4.43. The molecule has 0 aliphatic rings. The number of esters is 1. The van der Waals surface area contributed by atoms with Crippen LogP contribution in [0.3, 0.4) is 0 Å². The Balaban J connectivity index is 4.03. The topological polar surface area (TPSA) is 26.3 Å². The average molecular weight is 176 g/mol. The molecule has 0 aliphatic carbocycles. The van der Waals surface area contributed by atoms with Crippen LogP contribution in [0.25, 0.3) is 0 Å². The molecule has 0 aliphatic heterocycles. The molecule has 72 valence electrons. The average Bonchev–Trinajstić information content (AvgIpc) is 2.04. The molecular formula is C9H17FO2. The van der Waals surface area contributed by atoms with Gasteiger partial charge in [0.05, 0.1) is 5.41 Å². The third-order valence-corrected chi connectivity index (χ3v) is 1.96. The Morgan fingerprint density at radius 1 is 1.58 bits per heavy atom. The fourth-order valence-electron chi connectivity index (χ4n) is 0.518. The molecule has 0 bridgehead atoms. The van der Waals surface area contributed by atoms with E-state index in [1.165, 1.54) is 0 Å². The molecule has 0 aromatic heterocycles. The number of carbonyl (C=O) groups excluding carboxylic acids is 1. The molecule has 2 nitrogen and oxygen atoms in total. The first kappa shape index (κ1) is 11.4. The van der Waals surface area contributed by atoms with Gasteiger partial charge in [0.15, 0.2) is 0 Å². The normalized spacial score (nSPS) is 14.1. The smallest absolute Gasteiger partial charge is 0.311 e. The van der Waals surface area contributed by atoms with Gasteiger partial charge in [-0.2, -0.15) is 0 Å². The van der Waals surface area contributed by atoms with Gasteiger partial charge in [0, 0.05) is 0 Å². The first-order valence-electron chi connectivity index (χ1n) is 4.21. The Morgan fingerprint density at radius 3 is 2.42 bits per heavy atom. The van der Waals surface area contributed by atoms with E-state index < -0.39 is 18.2 Å². The summed E-state index contributed by atoms with van der Waals surface area (Å²) in [4.78, 5) is 11.3. The number of carbonyl (C=O) groups is 1. The Labute approximate surface area is 73.1 Å². The molecule has 1 atom stereocenters. The summed E-state index contributed by atoms with van der Waals surface area (Å²) in [6.07, 6.45) is 0.0773. The van der Waals surface area contributed by atoms with Crippen molar-refractivity contribution >= 4 is 5.97 Å². The van der Waals surface area contributed by atoms with Crippen LogP contribution >= 0.6 is 0 Å². The molecule has 1 unspecified atom stereocenters. The molecular weight excluding hydrogens is 159 g/mol. The standard InChI is InChI=1S/C9H17FO2/c1-5-9(3,4)8(11)12-7(2)6-10/h7H,5-6H2,1-4H3. The zero-order valence-corrected chi connectivity index (χ0v) is 8.19. The lowest BCUT2D eigenvalue weighted by molar-refractivity contribution is -0.159. The van der Waals surface area contributed by atoms with Gasteiger partial charge >= 0.3 is 5.97 Å². The summed E-state index contributed by atoms with van der Waals surface area (Å²) < 4.78 is 16.8. The Hall–Kier alpha value is -0.600. The minimum absolute atomic E-state index is 0.324. The van der Waals surface area contributed by atoms with Crippen LogP contribution in [0.15, 0.2) is 0 Å². The SMILES string of the molecule is CCC(C)(C)C(=O)OC(C)CF. The fraction of sp³-hybridized carbons (Fsp3) is 0.889. The van der Waals surface area contributed by atoms with Crippen molar-refractivity contribution in [2.45, 2.75) is 40.2 Å². The highest BCUT2D eigenvalue weighted by Gasteiger charge is 2.28. The molecule has 0 aromatic carbocycles. The maximum atomic E-state index is 12.0. The van der Waals surface area contributed by atoms with Crippen molar-refractivity contribution in [1.29, 1.82) is 0 Å². The van der Waals surface area contributed by atoms with Gasteiger partial charge in [0.2, 0.25) is 0 Å². The summed E-state index contributed by atoms with van der Waals surface area (Å²) in [6, 6.07) is 0. The van der Waals surface area contributed by atoms with Gasteiger partial charge in [-0.3, -0.25) is 4.79 Å². The Kier molecular flexibility index (Phi) is 4.21. The van der Waals surface area contributed by atoms with Gasteiger partial charge in [-0.15, -0.1) is 0 Å². The second-order valence-electron chi connectivity index (χ2n) is 3.61. The number of rotatable bonds is 4. The third-order valence-electron chi connectivity index (χ3n) is 1.96. The lowest BCUT2D eigenvalue weighted by Gasteiger charge is -2.22. The molecule has 0 N–H and O–H groups in total. The molecule has 12 heavy (non-hydrogen) atoms. The third kappa shape index (κ3) is 3.20. The van der Waals surface area contributed by atoms with Gasteiger partial charge in [0.1, 0.15) is 12.8 Å². The van der Waals surface area contributed by atoms with Crippen LogP contribution in [-0.4, -0.2) is 18.7 Å². The number of ether oxygens (including phenoxy) is 1. The first-order valence-corrected chi connectivity index (χ1v) is 4.21. The van der Waals surface area contributed by atoms with Gasteiger partial charge in [0.25, 0.3) is 0 Å². The van der Waals surface area contributed by atoms with Crippen molar-refractivity contribution in [2.75, 3.05) is 6.67 Å². The molecule has 0 radical (unpaired) electrons. The van der Waals surface area contributed by atoms with Crippen LogP contribution in [0.4, 0.5) is 4.39 Å². The van der Waals surface area contributed by atoms with Crippen molar-refractivity contribution in [3.63, 3.8) is 0 Å². The lowest BCUT2D eigenvalue weighted by atomic mass is 9.91. The van der Waals surface area contributed by atoms with Crippen LogP contribution in [0.5, 0.6) is 0 Å². The summed E-state index contributed by atoms with van der Waals surface area (Å²) in [6.45, 7) is 6.41. The summed E-state index contributed by atoms with van der Waals surface area (Å²) in [5, 5.41) is 0. The molecule has 0 rings (SSSR count). The number of halogens is 1. The van der Waals surface area contributed by atoms with Crippen molar-refractivity contribution in [3.05, 3.63) is 0 Å². The highest BCUT2D eigenvalue weighted by atomic mass is 19.1. The highest BCUT2D eigenvalue weighted by Crippen LogP contribution is 2.22. The number of hydrogen-bond acceptors (Lipinski definition) is 2. The summed E-state index contributed by atoms with van der Waals surface area (Å²) >= 11 is 0. The predicted octanol–water partition coefficient (Wildman–Crippen LogP) is 2.32. The Morgan fingerprint density at radius 2 is 2.08 bits per heavy atom. The Bertz CT molecular complexity index is 155. The minimum atomic E-state index is -0.622. The summed E-state index contributed by atoms with van der Waals surface area (Å²) in [5.41, 5.74) is -0.497. The van der Waals surface area contributed by atoms with Crippen molar-refractivity contribution in [1.82, 2.24) is 0 Å². The van der Waals surface area contributed by atoms with Crippen LogP contribution < -0.4 is 0 Å². The van der Waals surface area contributed by atoms with Gasteiger partial charge < -0.3 is 4.74 Å². The van der Waals surface area contributed by atoms with E-state index >= 15 is 0 Å². The summed E-state index contributed by atoms with van der Waals surface area (Å²) in [7, 11) is 0. The van der Waals surface area contributed by atoms with E-state index in [9.17, 15) is 9.18 Å². The van der Waals surface area contributed by atoms with E-state index in [4.69, 9.17) is 4.74 Å². The molecule has 0 amide bonds. The monoisotopic (exact) mass is 176 g/mol. The second-order valence-corrected chi connectivity index (χ2v) is 3.61. The van der Waals surface area contributed by atoms with Crippen LogP contribution in [0.1, 0.15) is 34.1 Å². The molecule has 0 heterocycles.